The predicted molar refractivity (Wildman–Crippen MR) is 126 cm³/mol. The van der Waals surface area contributed by atoms with E-state index in [2.05, 4.69) is 45.9 Å². The molecule has 0 aliphatic rings. The van der Waals surface area contributed by atoms with Crippen LogP contribution in [0.15, 0.2) is 46.6 Å². The second kappa shape index (κ2) is 15.1. The van der Waals surface area contributed by atoms with Crippen molar-refractivity contribution in [2.75, 3.05) is 18.9 Å². The summed E-state index contributed by atoms with van der Waals surface area (Å²) < 4.78 is 27.5. The molecule has 3 N–H and O–H groups in total. The van der Waals surface area contributed by atoms with Gasteiger partial charge in [0.2, 0.25) is 7.37 Å². The monoisotopic (exact) mass is 462 g/mol. The third kappa shape index (κ3) is 19.2. The normalized spacial score (nSPS) is 15.8. The quantitative estimate of drug-likeness (QED) is 0.146. The van der Waals surface area contributed by atoms with Gasteiger partial charge in [-0.1, -0.05) is 46.6 Å². The van der Waals surface area contributed by atoms with Gasteiger partial charge in [-0.15, -0.1) is 0 Å². The minimum atomic E-state index is -4.52. The SMILES string of the molecule is CC(C)=CCCC(C)=CCCC(C)=CCCC(C)=CCOCP(=O)(O)CP(=O)(O)O. The lowest BCUT2D eigenvalue weighted by atomic mass is 10.0. The maximum Gasteiger partial charge on any atom is 0.335 e. The summed E-state index contributed by atoms with van der Waals surface area (Å²) in [4.78, 5) is 27.0. The van der Waals surface area contributed by atoms with Crippen LogP contribution in [0.4, 0.5) is 0 Å². The van der Waals surface area contributed by atoms with E-state index in [1.165, 1.54) is 16.7 Å². The molecule has 0 heterocycles. The summed E-state index contributed by atoms with van der Waals surface area (Å²) in [7, 11) is -8.49. The molecule has 0 radical (unpaired) electrons. The lowest BCUT2D eigenvalue weighted by Gasteiger charge is -2.12. The topological polar surface area (TPSA) is 104 Å². The largest absolute Gasteiger partial charge is 0.367 e. The van der Waals surface area contributed by atoms with Crippen molar-refractivity contribution in [2.24, 2.45) is 0 Å². The molecule has 0 aliphatic heterocycles. The fourth-order valence-corrected chi connectivity index (χ4v) is 5.73. The molecule has 0 aliphatic carbocycles. The summed E-state index contributed by atoms with van der Waals surface area (Å²) in [6.45, 7) is 10.7. The molecule has 30 heavy (non-hydrogen) atoms. The average molecular weight is 463 g/mol. The van der Waals surface area contributed by atoms with Gasteiger partial charge in [-0.3, -0.25) is 9.13 Å². The van der Waals surface area contributed by atoms with Gasteiger partial charge in [0.25, 0.3) is 0 Å². The second-order valence-corrected chi connectivity index (χ2v) is 12.6. The number of hydrogen-bond donors (Lipinski definition) is 3. The fraction of sp³-hybridized carbons (Fsp3) is 0.636. The van der Waals surface area contributed by atoms with Crippen LogP contribution in [0.5, 0.6) is 0 Å². The second-order valence-electron chi connectivity index (χ2n) is 8.20. The van der Waals surface area contributed by atoms with E-state index >= 15 is 0 Å². The summed E-state index contributed by atoms with van der Waals surface area (Å²) in [5, 5.41) is 0. The molecule has 8 heteroatoms. The van der Waals surface area contributed by atoms with E-state index < -0.39 is 27.2 Å². The molecule has 0 spiro atoms. The van der Waals surface area contributed by atoms with E-state index in [1.807, 2.05) is 13.0 Å². The van der Waals surface area contributed by atoms with Gasteiger partial charge in [0, 0.05) is 0 Å². The molecule has 6 nitrogen and oxygen atoms in total. The van der Waals surface area contributed by atoms with Crippen molar-refractivity contribution in [1.82, 2.24) is 0 Å². The smallest absolute Gasteiger partial charge is 0.335 e. The molecular weight excluding hydrogens is 422 g/mol. The number of allylic oxidation sites excluding steroid dienone is 7. The van der Waals surface area contributed by atoms with Crippen LogP contribution in [-0.2, 0) is 13.9 Å². The summed E-state index contributed by atoms with van der Waals surface area (Å²) in [5.41, 5.74) is 5.28. The highest BCUT2D eigenvalue weighted by Crippen LogP contribution is 2.54. The zero-order valence-electron chi connectivity index (χ0n) is 19.1. The lowest BCUT2D eigenvalue weighted by Crippen LogP contribution is -2.00. The first-order valence-electron chi connectivity index (χ1n) is 10.3. The highest BCUT2D eigenvalue weighted by molar-refractivity contribution is 7.72. The van der Waals surface area contributed by atoms with Crippen LogP contribution in [0.3, 0.4) is 0 Å². The minimum Gasteiger partial charge on any atom is -0.367 e. The number of ether oxygens (including phenoxy) is 1. The first kappa shape index (κ1) is 29.3. The van der Waals surface area contributed by atoms with Crippen LogP contribution >= 0.6 is 15.0 Å². The molecule has 0 saturated heterocycles. The van der Waals surface area contributed by atoms with Crippen molar-refractivity contribution in [2.45, 2.75) is 73.1 Å². The molecule has 174 valence electrons. The summed E-state index contributed by atoms with van der Waals surface area (Å²) >= 11 is 0. The Hall–Kier alpha value is -0.740. The van der Waals surface area contributed by atoms with Gasteiger partial charge in [0.1, 0.15) is 12.3 Å². The first-order valence-corrected chi connectivity index (χ1v) is 14.2. The summed E-state index contributed by atoms with van der Waals surface area (Å²) in [6, 6.07) is 0. The van der Waals surface area contributed by atoms with Crippen LogP contribution in [0, 0.1) is 0 Å². The Labute approximate surface area is 182 Å². The lowest BCUT2D eigenvalue weighted by molar-refractivity contribution is 0.199. The van der Waals surface area contributed by atoms with Crippen molar-refractivity contribution in [3.63, 3.8) is 0 Å². The highest BCUT2D eigenvalue weighted by atomic mass is 31.2. The molecule has 0 bridgehead atoms. The Balaban J connectivity index is 4.13. The van der Waals surface area contributed by atoms with E-state index in [0.29, 0.717) is 0 Å². The zero-order valence-corrected chi connectivity index (χ0v) is 20.9. The molecule has 0 aromatic carbocycles. The van der Waals surface area contributed by atoms with Gasteiger partial charge in [0.15, 0.2) is 0 Å². The van der Waals surface area contributed by atoms with Gasteiger partial charge < -0.3 is 19.4 Å². The van der Waals surface area contributed by atoms with E-state index in [0.717, 1.165) is 44.1 Å². The number of rotatable bonds is 15. The average Bonchev–Trinajstić information content (AvgIpc) is 2.56. The van der Waals surface area contributed by atoms with Crippen LogP contribution in [0.2, 0.25) is 0 Å². The van der Waals surface area contributed by atoms with Crippen molar-refractivity contribution in [3.8, 4) is 0 Å². The summed E-state index contributed by atoms with van der Waals surface area (Å²) in [6.07, 6.45) is 14.2. The Morgan fingerprint density at radius 2 is 1.17 bits per heavy atom. The maximum absolute atomic E-state index is 11.6. The Bertz CT molecular complexity index is 724. The third-order valence-corrected chi connectivity index (χ3v) is 8.23. The van der Waals surface area contributed by atoms with Gasteiger partial charge in [-0.05, 0) is 73.1 Å². The predicted octanol–water partition coefficient (Wildman–Crippen LogP) is 6.51. The standard InChI is InChI=1S/C22H40O6P2/c1-19(2)9-6-10-20(3)11-7-12-21(4)13-8-14-22(5)15-16-28-17-29(23,24)18-30(25,26)27/h9,11,13,15H,6-8,10,12,14,16-18H2,1-5H3,(H,23,24)(H2,25,26,27). The van der Waals surface area contributed by atoms with Gasteiger partial charge >= 0.3 is 7.60 Å². The van der Waals surface area contributed by atoms with Gasteiger partial charge in [-0.2, -0.15) is 0 Å². The van der Waals surface area contributed by atoms with Crippen molar-refractivity contribution in [1.29, 1.82) is 0 Å². The Morgan fingerprint density at radius 1 is 0.733 bits per heavy atom. The first-order chi connectivity index (χ1) is 13.8. The Morgan fingerprint density at radius 3 is 1.60 bits per heavy atom. The highest BCUT2D eigenvalue weighted by Gasteiger charge is 2.29. The van der Waals surface area contributed by atoms with Crippen LogP contribution in [0.25, 0.3) is 0 Å². The molecular formula is C22H40O6P2. The third-order valence-electron chi connectivity index (χ3n) is 4.40. The maximum atomic E-state index is 11.6. The molecule has 1 atom stereocenters. The molecule has 0 rings (SSSR count). The molecule has 0 saturated carbocycles. The number of hydrogen-bond acceptors (Lipinski definition) is 3. The molecule has 0 aromatic rings. The van der Waals surface area contributed by atoms with E-state index in [-0.39, 0.29) is 6.61 Å². The van der Waals surface area contributed by atoms with Crippen molar-refractivity contribution >= 4 is 15.0 Å². The van der Waals surface area contributed by atoms with Gasteiger partial charge in [-0.25, -0.2) is 0 Å². The van der Waals surface area contributed by atoms with Crippen molar-refractivity contribution in [3.05, 3.63) is 46.6 Å². The van der Waals surface area contributed by atoms with Gasteiger partial charge in [0.05, 0.1) is 6.61 Å². The molecule has 0 amide bonds. The summed E-state index contributed by atoms with van der Waals surface area (Å²) in [5.74, 6) is -1.04. The fourth-order valence-electron chi connectivity index (χ4n) is 2.71. The minimum absolute atomic E-state index is 0.150. The van der Waals surface area contributed by atoms with Crippen LogP contribution in [-0.4, -0.2) is 33.5 Å². The van der Waals surface area contributed by atoms with E-state index in [9.17, 15) is 14.0 Å². The van der Waals surface area contributed by atoms with E-state index in [1.54, 1.807) is 0 Å². The van der Waals surface area contributed by atoms with Crippen LogP contribution in [0.1, 0.15) is 73.1 Å². The van der Waals surface area contributed by atoms with Crippen molar-refractivity contribution < 1.29 is 28.5 Å². The molecule has 0 aromatic heterocycles. The Kier molecular flexibility index (Phi) is 14.8. The van der Waals surface area contributed by atoms with E-state index in [4.69, 9.17) is 14.5 Å². The zero-order chi connectivity index (χ0) is 23.2. The molecule has 1 unspecified atom stereocenters. The van der Waals surface area contributed by atoms with Crippen LogP contribution < -0.4 is 0 Å². The molecule has 0 fully saturated rings.